The highest BCUT2D eigenvalue weighted by atomic mass is 35.5. The Hall–Kier alpha value is -3.04. The highest BCUT2D eigenvalue weighted by Crippen LogP contribution is 2.19. The molecule has 162 valence electrons. The summed E-state index contributed by atoms with van der Waals surface area (Å²) in [5.74, 6) is 1.03. The minimum absolute atomic E-state index is 0.0606. The van der Waals surface area contributed by atoms with Gasteiger partial charge in [0.25, 0.3) is 0 Å². The Balaban J connectivity index is 1.49. The van der Waals surface area contributed by atoms with Crippen LogP contribution in [-0.4, -0.2) is 38.9 Å². The van der Waals surface area contributed by atoms with Gasteiger partial charge in [0, 0.05) is 23.4 Å². The van der Waals surface area contributed by atoms with Crippen molar-refractivity contribution in [1.82, 2.24) is 14.8 Å². The van der Waals surface area contributed by atoms with Gasteiger partial charge in [-0.25, -0.2) is 0 Å². The molecule has 2 amide bonds. The van der Waals surface area contributed by atoms with Gasteiger partial charge in [-0.15, -0.1) is 10.2 Å². The van der Waals surface area contributed by atoms with Crippen molar-refractivity contribution >= 4 is 46.6 Å². The second kappa shape index (κ2) is 10.8. The number of benzene rings is 2. The van der Waals surface area contributed by atoms with Crippen molar-refractivity contribution < 1.29 is 14.3 Å². The number of ether oxygens (including phenoxy) is 1. The molecule has 0 bridgehead atoms. The SMILES string of the molecule is CCOc1ccc(NC(=O)CSc2nnc(CC(=O)Nc3ccc(Cl)cc3)n2C)cc1. The third-order valence-corrected chi connectivity index (χ3v) is 5.43. The molecule has 1 aromatic heterocycles. The second-order valence-electron chi connectivity index (χ2n) is 6.48. The van der Waals surface area contributed by atoms with Crippen molar-refractivity contribution in [3.05, 3.63) is 59.4 Å². The molecule has 0 aliphatic rings. The van der Waals surface area contributed by atoms with E-state index in [9.17, 15) is 9.59 Å². The van der Waals surface area contributed by atoms with Gasteiger partial charge < -0.3 is 19.9 Å². The summed E-state index contributed by atoms with van der Waals surface area (Å²) in [5, 5.41) is 14.9. The van der Waals surface area contributed by atoms with Gasteiger partial charge in [-0.05, 0) is 55.5 Å². The van der Waals surface area contributed by atoms with E-state index in [2.05, 4.69) is 20.8 Å². The van der Waals surface area contributed by atoms with Gasteiger partial charge in [0.05, 0.1) is 18.8 Å². The fourth-order valence-electron chi connectivity index (χ4n) is 2.64. The molecule has 8 nitrogen and oxygen atoms in total. The van der Waals surface area contributed by atoms with E-state index in [1.807, 2.05) is 6.92 Å². The van der Waals surface area contributed by atoms with Crippen LogP contribution < -0.4 is 15.4 Å². The van der Waals surface area contributed by atoms with E-state index >= 15 is 0 Å². The first-order valence-corrected chi connectivity index (χ1v) is 10.9. The van der Waals surface area contributed by atoms with Gasteiger partial charge in [-0.3, -0.25) is 9.59 Å². The zero-order valence-corrected chi connectivity index (χ0v) is 18.7. The molecule has 0 aliphatic heterocycles. The van der Waals surface area contributed by atoms with Crippen LogP contribution in [0.2, 0.25) is 5.02 Å². The summed E-state index contributed by atoms with van der Waals surface area (Å²) in [6.45, 7) is 2.50. The quantitative estimate of drug-likeness (QED) is 0.472. The maximum Gasteiger partial charge on any atom is 0.234 e. The number of hydrogen-bond acceptors (Lipinski definition) is 6. The molecule has 10 heteroatoms. The topological polar surface area (TPSA) is 98.1 Å². The molecule has 0 radical (unpaired) electrons. The molecule has 2 N–H and O–H groups in total. The summed E-state index contributed by atoms with van der Waals surface area (Å²) in [4.78, 5) is 24.5. The number of aromatic nitrogens is 3. The van der Waals surface area contributed by atoms with Crippen LogP contribution in [0.3, 0.4) is 0 Å². The number of carbonyl (C=O) groups is 2. The van der Waals surface area contributed by atoms with Crippen molar-refractivity contribution in [1.29, 1.82) is 0 Å². The molecule has 0 saturated heterocycles. The highest BCUT2D eigenvalue weighted by Gasteiger charge is 2.15. The van der Waals surface area contributed by atoms with Gasteiger partial charge in [-0.1, -0.05) is 23.4 Å². The minimum Gasteiger partial charge on any atom is -0.494 e. The number of nitrogens with one attached hydrogen (secondary N) is 2. The van der Waals surface area contributed by atoms with E-state index in [4.69, 9.17) is 16.3 Å². The van der Waals surface area contributed by atoms with Gasteiger partial charge in [-0.2, -0.15) is 0 Å². The summed E-state index contributed by atoms with van der Waals surface area (Å²) < 4.78 is 7.09. The van der Waals surface area contributed by atoms with Gasteiger partial charge in [0.15, 0.2) is 5.16 Å². The average molecular weight is 460 g/mol. The molecular formula is C21H22ClN5O3S. The van der Waals surface area contributed by atoms with Crippen LogP contribution >= 0.6 is 23.4 Å². The number of nitrogens with zero attached hydrogens (tertiary/aromatic N) is 3. The lowest BCUT2D eigenvalue weighted by molar-refractivity contribution is -0.116. The molecule has 3 rings (SSSR count). The van der Waals surface area contributed by atoms with Gasteiger partial charge >= 0.3 is 0 Å². The van der Waals surface area contributed by atoms with E-state index in [1.54, 1.807) is 60.1 Å². The summed E-state index contributed by atoms with van der Waals surface area (Å²) in [6, 6.07) is 14.0. The lowest BCUT2D eigenvalue weighted by Crippen LogP contribution is -2.17. The molecule has 31 heavy (non-hydrogen) atoms. The Morgan fingerprint density at radius 1 is 1.00 bits per heavy atom. The van der Waals surface area contributed by atoms with E-state index in [-0.39, 0.29) is 24.0 Å². The number of anilines is 2. The Morgan fingerprint density at radius 3 is 2.26 bits per heavy atom. The van der Waals surface area contributed by atoms with E-state index in [1.165, 1.54) is 11.8 Å². The summed E-state index contributed by atoms with van der Waals surface area (Å²) in [7, 11) is 1.76. The Morgan fingerprint density at radius 2 is 1.61 bits per heavy atom. The summed E-state index contributed by atoms with van der Waals surface area (Å²) in [6.07, 6.45) is 0.0606. The minimum atomic E-state index is -0.220. The molecule has 2 aromatic carbocycles. The third-order valence-electron chi connectivity index (χ3n) is 4.15. The van der Waals surface area contributed by atoms with E-state index < -0.39 is 0 Å². The monoisotopic (exact) mass is 459 g/mol. The van der Waals surface area contributed by atoms with Crippen LogP contribution in [0.4, 0.5) is 11.4 Å². The van der Waals surface area contributed by atoms with E-state index in [0.717, 1.165) is 5.75 Å². The molecule has 0 fully saturated rings. The van der Waals surface area contributed by atoms with Gasteiger partial charge in [0.2, 0.25) is 11.8 Å². The Kier molecular flexibility index (Phi) is 7.91. The predicted molar refractivity (Wildman–Crippen MR) is 122 cm³/mol. The van der Waals surface area contributed by atoms with Crippen molar-refractivity contribution in [2.75, 3.05) is 23.0 Å². The Labute approximate surface area is 189 Å². The van der Waals surface area contributed by atoms with Crippen LogP contribution in [0.25, 0.3) is 0 Å². The van der Waals surface area contributed by atoms with E-state index in [0.29, 0.717) is 34.0 Å². The number of thioether (sulfide) groups is 1. The molecule has 0 saturated carbocycles. The maximum absolute atomic E-state index is 12.3. The molecule has 3 aromatic rings. The van der Waals surface area contributed by atoms with Crippen LogP contribution in [0.5, 0.6) is 5.75 Å². The summed E-state index contributed by atoms with van der Waals surface area (Å²) in [5.41, 5.74) is 1.34. The predicted octanol–water partition coefficient (Wildman–Crippen LogP) is 3.78. The molecule has 0 atom stereocenters. The Bertz CT molecular complexity index is 1040. The molecule has 1 heterocycles. The van der Waals surface area contributed by atoms with Crippen LogP contribution in [0.15, 0.2) is 53.7 Å². The number of carbonyl (C=O) groups excluding carboxylic acids is 2. The molecule has 0 spiro atoms. The van der Waals surface area contributed by atoms with Crippen LogP contribution in [-0.2, 0) is 23.1 Å². The zero-order valence-electron chi connectivity index (χ0n) is 17.1. The number of rotatable bonds is 9. The van der Waals surface area contributed by atoms with Gasteiger partial charge in [0.1, 0.15) is 11.6 Å². The van der Waals surface area contributed by atoms with Crippen molar-refractivity contribution in [3.8, 4) is 5.75 Å². The first-order valence-electron chi connectivity index (χ1n) is 9.53. The molecule has 0 unspecified atom stereocenters. The number of hydrogen-bond donors (Lipinski definition) is 2. The fourth-order valence-corrected chi connectivity index (χ4v) is 3.49. The maximum atomic E-state index is 12.3. The lowest BCUT2D eigenvalue weighted by atomic mass is 10.3. The fraction of sp³-hybridized carbons (Fsp3) is 0.238. The normalized spacial score (nSPS) is 10.5. The van der Waals surface area contributed by atoms with Crippen LogP contribution in [0.1, 0.15) is 12.7 Å². The molecule has 0 aliphatic carbocycles. The van der Waals surface area contributed by atoms with Crippen molar-refractivity contribution in [2.45, 2.75) is 18.5 Å². The largest absolute Gasteiger partial charge is 0.494 e. The standard InChI is InChI=1S/C21H22ClN5O3S/c1-3-30-17-10-8-16(9-11-17)24-20(29)13-31-21-26-25-18(27(21)2)12-19(28)23-15-6-4-14(22)5-7-15/h4-11H,3,12-13H2,1-2H3,(H,23,28)(H,24,29). The first-order chi connectivity index (χ1) is 14.9. The second-order valence-corrected chi connectivity index (χ2v) is 7.86. The number of amides is 2. The smallest absolute Gasteiger partial charge is 0.234 e. The number of halogens is 1. The van der Waals surface area contributed by atoms with Crippen LogP contribution in [0, 0.1) is 0 Å². The molecular weight excluding hydrogens is 438 g/mol. The average Bonchev–Trinajstić information content (AvgIpc) is 3.09. The zero-order chi connectivity index (χ0) is 22.2. The lowest BCUT2D eigenvalue weighted by Gasteiger charge is -2.07. The van der Waals surface area contributed by atoms with Crippen molar-refractivity contribution in [2.24, 2.45) is 7.05 Å². The highest BCUT2D eigenvalue weighted by molar-refractivity contribution is 7.99. The first kappa shape index (κ1) is 22.6. The summed E-state index contributed by atoms with van der Waals surface area (Å²) >= 11 is 7.09. The van der Waals surface area contributed by atoms with Crippen molar-refractivity contribution in [3.63, 3.8) is 0 Å². The third kappa shape index (κ3) is 6.73.